The molecule has 4 heterocycles. The van der Waals surface area contributed by atoms with Gasteiger partial charge in [-0.25, -0.2) is 23.4 Å². The summed E-state index contributed by atoms with van der Waals surface area (Å²) in [6, 6.07) is 1.38. The number of aromatic nitrogens is 3. The van der Waals surface area contributed by atoms with Gasteiger partial charge in [0.2, 0.25) is 15.9 Å². The summed E-state index contributed by atoms with van der Waals surface area (Å²) < 4.78 is 39.4. The van der Waals surface area contributed by atoms with E-state index in [4.69, 9.17) is 14.5 Å². The van der Waals surface area contributed by atoms with Crippen LogP contribution in [0.5, 0.6) is 5.88 Å². The van der Waals surface area contributed by atoms with Gasteiger partial charge in [0, 0.05) is 39.8 Å². The molecule has 204 valence electrons. The summed E-state index contributed by atoms with van der Waals surface area (Å²) in [5.41, 5.74) is 4.17. The number of hydrogen-bond donors (Lipinski definition) is 2. The molecule has 0 aromatic carbocycles. The van der Waals surface area contributed by atoms with Gasteiger partial charge in [0.15, 0.2) is 0 Å². The van der Waals surface area contributed by atoms with Crippen molar-refractivity contribution in [2.75, 3.05) is 65.0 Å². The first kappa shape index (κ1) is 27.5. The minimum atomic E-state index is -3.78. The van der Waals surface area contributed by atoms with E-state index in [9.17, 15) is 13.2 Å². The molecule has 2 N–H and O–H groups in total. The molecule has 2 aromatic rings. The van der Waals surface area contributed by atoms with Crippen LogP contribution < -0.4 is 15.7 Å². The second-order valence-corrected chi connectivity index (χ2v) is 11.0. The highest BCUT2D eigenvalue weighted by Crippen LogP contribution is 2.36. The van der Waals surface area contributed by atoms with Gasteiger partial charge in [-0.15, -0.1) is 0 Å². The molecule has 4 rings (SSSR count). The highest BCUT2D eigenvalue weighted by atomic mass is 32.2. The zero-order valence-corrected chi connectivity index (χ0v) is 22.8. The van der Waals surface area contributed by atoms with Crippen LogP contribution in [-0.2, 0) is 14.8 Å². The summed E-state index contributed by atoms with van der Waals surface area (Å²) in [5.74, 6) is 0.443. The second kappa shape index (κ2) is 11.9. The van der Waals surface area contributed by atoms with Crippen LogP contribution in [0.3, 0.4) is 0 Å². The standard InChI is InChI=1S/C24H37N7O5S/c1-5-8-19-20-21(28-31(19)13-14-35-4)23(32)27-22(26-20)18-15-17(16-25-24(18)36-7-3)37(33,34)30-11-9-29(6-2)10-12-30/h15-16,19,28H,5-14H2,1-4H3,(H,26,27,32). The fourth-order valence-electron chi connectivity index (χ4n) is 4.73. The fourth-order valence-corrected chi connectivity index (χ4v) is 6.13. The topological polar surface area (TPSA) is 133 Å². The van der Waals surface area contributed by atoms with E-state index in [1.54, 1.807) is 7.11 Å². The molecule has 0 bridgehead atoms. The number of rotatable bonds is 11. The number of pyridine rings is 1. The van der Waals surface area contributed by atoms with Crippen LogP contribution >= 0.6 is 0 Å². The maximum absolute atomic E-state index is 13.5. The minimum Gasteiger partial charge on any atom is -0.477 e. The molecule has 0 spiro atoms. The number of methoxy groups -OCH3 is 1. The molecular weight excluding hydrogens is 498 g/mol. The number of likely N-dealkylation sites (N-methyl/N-ethyl adjacent to an activating group) is 1. The Morgan fingerprint density at radius 3 is 2.57 bits per heavy atom. The molecule has 13 heteroatoms. The van der Waals surface area contributed by atoms with Gasteiger partial charge in [0.1, 0.15) is 16.4 Å². The molecule has 0 aliphatic carbocycles. The number of hydrogen-bond acceptors (Lipinski definition) is 10. The molecule has 1 fully saturated rings. The maximum Gasteiger partial charge on any atom is 0.276 e. The smallest absolute Gasteiger partial charge is 0.276 e. The number of hydrazine groups is 1. The van der Waals surface area contributed by atoms with E-state index in [-0.39, 0.29) is 28.2 Å². The van der Waals surface area contributed by atoms with Gasteiger partial charge in [0.25, 0.3) is 5.56 Å². The number of sulfonamides is 1. The lowest BCUT2D eigenvalue weighted by molar-refractivity contribution is 0.140. The van der Waals surface area contributed by atoms with Gasteiger partial charge in [-0.3, -0.25) is 4.79 Å². The number of nitrogens with zero attached hydrogens (tertiary/aromatic N) is 5. The quantitative estimate of drug-likeness (QED) is 0.438. The van der Waals surface area contributed by atoms with Gasteiger partial charge in [-0.1, -0.05) is 20.3 Å². The normalized spacial score (nSPS) is 19.1. The van der Waals surface area contributed by atoms with Crippen molar-refractivity contribution >= 4 is 15.7 Å². The van der Waals surface area contributed by atoms with Crippen molar-refractivity contribution in [2.24, 2.45) is 0 Å². The van der Waals surface area contributed by atoms with Crippen LogP contribution in [0, 0.1) is 0 Å². The Morgan fingerprint density at radius 1 is 1.16 bits per heavy atom. The molecule has 2 aliphatic heterocycles. The lowest BCUT2D eigenvalue weighted by Gasteiger charge is -2.33. The monoisotopic (exact) mass is 535 g/mol. The zero-order valence-electron chi connectivity index (χ0n) is 22.0. The average molecular weight is 536 g/mol. The third-order valence-corrected chi connectivity index (χ3v) is 8.64. The first-order valence-electron chi connectivity index (χ1n) is 12.9. The van der Waals surface area contributed by atoms with E-state index in [2.05, 4.69) is 34.1 Å². The summed E-state index contributed by atoms with van der Waals surface area (Å²) in [7, 11) is -2.15. The lowest BCUT2D eigenvalue weighted by atomic mass is 10.1. The Morgan fingerprint density at radius 2 is 1.92 bits per heavy atom. The van der Waals surface area contributed by atoms with Gasteiger partial charge in [0.05, 0.1) is 36.7 Å². The first-order valence-corrected chi connectivity index (χ1v) is 14.3. The number of fused-ring (bicyclic) bond motifs is 1. The van der Waals surface area contributed by atoms with Crippen LogP contribution in [0.4, 0.5) is 5.69 Å². The van der Waals surface area contributed by atoms with Crippen LogP contribution in [0.25, 0.3) is 11.4 Å². The third kappa shape index (κ3) is 5.65. The van der Waals surface area contributed by atoms with Gasteiger partial charge >= 0.3 is 0 Å². The van der Waals surface area contributed by atoms with Crippen molar-refractivity contribution < 1.29 is 17.9 Å². The summed E-state index contributed by atoms with van der Waals surface area (Å²) in [5, 5.41) is 1.96. The van der Waals surface area contributed by atoms with E-state index in [1.807, 2.05) is 11.9 Å². The second-order valence-electron chi connectivity index (χ2n) is 9.07. The lowest BCUT2D eigenvalue weighted by Crippen LogP contribution is -2.48. The molecule has 0 saturated carbocycles. The van der Waals surface area contributed by atoms with E-state index in [0.717, 1.165) is 19.4 Å². The van der Waals surface area contributed by atoms with Crippen molar-refractivity contribution in [3.63, 3.8) is 0 Å². The number of piperazine rings is 1. The van der Waals surface area contributed by atoms with Crippen LogP contribution in [0.15, 0.2) is 22.0 Å². The van der Waals surface area contributed by atoms with Crippen molar-refractivity contribution in [2.45, 2.75) is 44.6 Å². The number of H-pyrrole nitrogens is 1. The molecule has 12 nitrogen and oxygen atoms in total. The molecule has 37 heavy (non-hydrogen) atoms. The van der Waals surface area contributed by atoms with Crippen LogP contribution in [0.2, 0.25) is 0 Å². The number of aromatic amines is 1. The highest BCUT2D eigenvalue weighted by molar-refractivity contribution is 7.89. The molecule has 0 amide bonds. The van der Waals surface area contributed by atoms with Crippen molar-refractivity contribution in [3.8, 4) is 17.3 Å². The predicted molar refractivity (Wildman–Crippen MR) is 140 cm³/mol. The Labute approximate surface area is 218 Å². The number of nitrogens with one attached hydrogen (secondary N) is 2. The van der Waals surface area contributed by atoms with Crippen LogP contribution in [-0.4, -0.2) is 97.2 Å². The molecule has 1 unspecified atom stereocenters. The zero-order chi connectivity index (χ0) is 26.6. The Hall–Kier alpha value is -2.58. The van der Waals surface area contributed by atoms with Gasteiger partial charge in [-0.2, -0.15) is 4.31 Å². The number of ether oxygens (including phenoxy) is 2. The van der Waals surface area contributed by atoms with E-state index < -0.39 is 10.0 Å². The first-order chi connectivity index (χ1) is 17.8. The maximum atomic E-state index is 13.5. The minimum absolute atomic E-state index is 0.0454. The van der Waals surface area contributed by atoms with Crippen LogP contribution in [0.1, 0.15) is 45.3 Å². The van der Waals surface area contributed by atoms with Gasteiger partial charge in [-0.05, 0) is 26.0 Å². The molecular formula is C24H37N7O5S. The van der Waals surface area contributed by atoms with E-state index >= 15 is 0 Å². The summed E-state index contributed by atoms with van der Waals surface area (Å²) >= 11 is 0. The Bertz CT molecular complexity index is 1240. The average Bonchev–Trinajstić information content (AvgIpc) is 3.25. The Balaban J connectivity index is 1.74. The van der Waals surface area contributed by atoms with Gasteiger partial charge < -0.3 is 24.8 Å². The molecule has 1 atom stereocenters. The third-order valence-electron chi connectivity index (χ3n) is 6.77. The molecule has 2 aliphatic rings. The molecule has 0 radical (unpaired) electrons. The Kier molecular flexibility index (Phi) is 8.80. The number of anilines is 1. The molecule has 1 saturated heterocycles. The predicted octanol–water partition coefficient (Wildman–Crippen LogP) is 1.69. The fraction of sp³-hybridized carbons (Fsp3) is 0.625. The van der Waals surface area contributed by atoms with Crippen molar-refractivity contribution in [1.82, 2.24) is 29.2 Å². The largest absolute Gasteiger partial charge is 0.477 e. The summed E-state index contributed by atoms with van der Waals surface area (Å²) in [4.78, 5) is 27.3. The summed E-state index contributed by atoms with van der Waals surface area (Å²) in [6.45, 7) is 10.4. The van der Waals surface area contributed by atoms with Crippen molar-refractivity contribution in [3.05, 3.63) is 28.3 Å². The van der Waals surface area contributed by atoms with Crippen molar-refractivity contribution in [1.29, 1.82) is 0 Å². The highest BCUT2D eigenvalue weighted by Gasteiger charge is 2.34. The SMILES string of the molecule is CCCC1c2nc(-c3cc(S(=O)(=O)N4CCN(CC)CC4)cnc3OCC)[nH]c(=O)c2NN1CCOC. The molecule has 2 aromatic heterocycles. The van der Waals surface area contributed by atoms with E-state index in [0.29, 0.717) is 62.9 Å². The van der Waals surface area contributed by atoms with E-state index in [1.165, 1.54) is 16.6 Å². The summed E-state index contributed by atoms with van der Waals surface area (Å²) in [6.07, 6.45) is 2.99.